The van der Waals surface area contributed by atoms with Gasteiger partial charge in [-0.1, -0.05) is 13.0 Å². The third kappa shape index (κ3) is 3.96. The molecule has 0 aromatic carbocycles. The molecule has 90 valence electrons. The molecule has 1 aliphatic rings. The molecule has 0 saturated carbocycles. The SMILES string of the molecule is CCCC(=O)OCCC1CC=C(N)C=C1N. The first-order chi connectivity index (χ1) is 7.63. The van der Waals surface area contributed by atoms with Crippen molar-refractivity contribution in [3.8, 4) is 0 Å². The molecular formula is C12H20N2O2. The third-order valence-corrected chi connectivity index (χ3v) is 2.63. The van der Waals surface area contributed by atoms with Crippen molar-refractivity contribution in [2.24, 2.45) is 17.4 Å². The number of esters is 1. The molecule has 0 bridgehead atoms. The molecular weight excluding hydrogens is 204 g/mol. The molecule has 0 heterocycles. The van der Waals surface area contributed by atoms with Crippen LogP contribution in [0.2, 0.25) is 0 Å². The fraction of sp³-hybridized carbons (Fsp3) is 0.583. The number of carbonyl (C=O) groups excluding carboxylic acids is 1. The molecule has 0 radical (unpaired) electrons. The van der Waals surface area contributed by atoms with E-state index >= 15 is 0 Å². The van der Waals surface area contributed by atoms with Crippen LogP contribution in [-0.4, -0.2) is 12.6 Å². The van der Waals surface area contributed by atoms with Crippen LogP contribution in [-0.2, 0) is 9.53 Å². The summed E-state index contributed by atoms with van der Waals surface area (Å²) in [5.41, 5.74) is 13.0. The normalized spacial score (nSPS) is 19.9. The van der Waals surface area contributed by atoms with E-state index in [9.17, 15) is 4.79 Å². The van der Waals surface area contributed by atoms with E-state index in [2.05, 4.69) is 0 Å². The number of hydrogen-bond acceptors (Lipinski definition) is 4. The molecule has 1 unspecified atom stereocenters. The maximum atomic E-state index is 11.1. The van der Waals surface area contributed by atoms with Crippen LogP contribution in [0.5, 0.6) is 0 Å². The quantitative estimate of drug-likeness (QED) is 0.692. The van der Waals surface area contributed by atoms with Gasteiger partial charge in [0.05, 0.1) is 6.61 Å². The summed E-state index contributed by atoms with van der Waals surface area (Å²) in [5, 5.41) is 0. The van der Waals surface area contributed by atoms with Crippen molar-refractivity contribution >= 4 is 5.97 Å². The average molecular weight is 224 g/mol. The van der Waals surface area contributed by atoms with Crippen LogP contribution < -0.4 is 11.5 Å². The highest BCUT2D eigenvalue weighted by Gasteiger charge is 2.15. The van der Waals surface area contributed by atoms with E-state index in [1.54, 1.807) is 6.08 Å². The maximum absolute atomic E-state index is 11.1. The number of rotatable bonds is 5. The van der Waals surface area contributed by atoms with Crippen LogP contribution >= 0.6 is 0 Å². The predicted molar refractivity (Wildman–Crippen MR) is 63.1 cm³/mol. The highest BCUT2D eigenvalue weighted by Crippen LogP contribution is 2.21. The first-order valence-corrected chi connectivity index (χ1v) is 5.71. The molecule has 0 spiro atoms. The summed E-state index contributed by atoms with van der Waals surface area (Å²) in [5.74, 6) is 0.123. The summed E-state index contributed by atoms with van der Waals surface area (Å²) in [6.45, 7) is 2.39. The van der Waals surface area contributed by atoms with Crippen LogP contribution in [0.3, 0.4) is 0 Å². The van der Waals surface area contributed by atoms with Gasteiger partial charge in [0.2, 0.25) is 0 Å². The van der Waals surface area contributed by atoms with Gasteiger partial charge in [-0.2, -0.15) is 0 Å². The zero-order valence-electron chi connectivity index (χ0n) is 9.74. The summed E-state index contributed by atoms with van der Waals surface area (Å²) in [6.07, 6.45) is 6.64. The van der Waals surface area contributed by atoms with Crippen molar-refractivity contribution in [3.63, 3.8) is 0 Å². The van der Waals surface area contributed by atoms with Gasteiger partial charge in [-0.05, 0) is 25.3 Å². The summed E-state index contributed by atoms with van der Waals surface area (Å²) in [7, 11) is 0. The number of nitrogens with two attached hydrogens (primary N) is 2. The van der Waals surface area contributed by atoms with Crippen molar-refractivity contribution in [1.82, 2.24) is 0 Å². The summed E-state index contributed by atoms with van der Waals surface area (Å²) in [4.78, 5) is 11.1. The minimum absolute atomic E-state index is 0.129. The fourth-order valence-corrected chi connectivity index (χ4v) is 1.66. The Morgan fingerprint density at radius 1 is 1.56 bits per heavy atom. The molecule has 4 nitrogen and oxygen atoms in total. The van der Waals surface area contributed by atoms with Crippen LogP contribution in [0.4, 0.5) is 0 Å². The molecule has 0 fully saturated rings. The van der Waals surface area contributed by atoms with Crippen LogP contribution in [0, 0.1) is 5.92 Å². The van der Waals surface area contributed by atoms with Gasteiger partial charge in [0.1, 0.15) is 0 Å². The fourth-order valence-electron chi connectivity index (χ4n) is 1.66. The van der Waals surface area contributed by atoms with E-state index in [-0.39, 0.29) is 11.9 Å². The van der Waals surface area contributed by atoms with E-state index in [0.717, 1.165) is 30.7 Å². The lowest BCUT2D eigenvalue weighted by atomic mass is 9.93. The van der Waals surface area contributed by atoms with E-state index in [1.807, 2.05) is 13.0 Å². The second-order valence-corrected chi connectivity index (χ2v) is 4.04. The molecule has 0 aliphatic heterocycles. The Labute approximate surface area is 96.3 Å². The van der Waals surface area contributed by atoms with Gasteiger partial charge in [0.15, 0.2) is 0 Å². The zero-order chi connectivity index (χ0) is 12.0. The van der Waals surface area contributed by atoms with Crippen molar-refractivity contribution in [2.75, 3.05) is 6.61 Å². The smallest absolute Gasteiger partial charge is 0.305 e. The lowest BCUT2D eigenvalue weighted by Gasteiger charge is -2.19. The first-order valence-electron chi connectivity index (χ1n) is 5.71. The van der Waals surface area contributed by atoms with Crippen LogP contribution in [0.15, 0.2) is 23.5 Å². The Hall–Kier alpha value is -1.45. The molecule has 4 heteroatoms. The second kappa shape index (κ2) is 6.20. The molecule has 0 aromatic heterocycles. The van der Waals surface area contributed by atoms with Gasteiger partial charge in [-0.15, -0.1) is 0 Å². The summed E-state index contributed by atoms with van der Waals surface area (Å²) in [6, 6.07) is 0. The van der Waals surface area contributed by atoms with Gasteiger partial charge in [-0.25, -0.2) is 0 Å². The molecule has 0 aromatic rings. The Morgan fingerprint density at radius 3 is 2.94 bits per heavy atom. The van der Waals surface area contributed by atoms with E-state index in [0.29, 0.717) is 13.0 Å². The Bertz CT molecular complexity index is 308. The monoisotopic (exact) mass is 224 g/mol. The standard InChI is InChI=1S/C12H20N2O2/c1-2-3-12(15)16-7-6-9-4-5-10(13)8-11(9)14/h5,8-9H,2-4,6-7,13-14H2,1H3. The molecule has 1 rings (SSSR count). The predicted octanol–water partition coefficient (Wildman–Crippen LogP) is 1.42. The highest BCUT2D eigenvalue weighted by atomic mass is 16.5. The molecule has 16 heavy (non-hydrogen) atoms. The largest absolute Gasteiger partial charge is 0.466 e. The van der Waals surface area contributed by atoms with Crippen molar-refractivity contribution < 1.29 is 9.53 Å². The van der Waals surface area contributed by atoms with Crippen molar-refractivity contribution in [3.05, 3.63) is 23.5 Å². The van der Waals surface area contributed by atoms with Gasteiger partial charge in [0.25, 0.3) is 0 Å². The van der Waals surface area contributed by atoms with E-state index < -0.39 is 0 Å². The Morgan fingerprint density at radius 2 is 2.31 bits per heavy atom. The van der Waals surface area contributed by atoms with Crippen LogP contribution in [0.1, 0.15) is 32.6 Å². The molecule has 0 saturated heterocycles. The van der Waals surface area contributed by atoms with Gasteiger partial charge in [-0.3, -0.25) is 4.79 Å². The molecule has 1 atom stereocenters. The highest BCUT2D eigenvalue weighted by molar-refractivity contribution is 5.69. The minimum atomic E-state index is -0.129. The lowest BCUT2D eigenvalue weighted by Crippen LogP contribution is -2.19. The van der Waals surface area contributed by atoms with Crippen LogP contribution in [0.25, 0.3) is 0 Å². The number of ether oxygens (including phenoxy) is 1. The third-order valence-electron chi connectivity index (χ3n) is 2.63. The molecule has 1 aliphatic carbocycles. The summed E-state index contributed by atoms with van der Waals surface area (Å²) >= 11 is 0. The number of hydrogen-bond donors (Lipinski definition) is 2. The maximum Gasteiger partial charge on any atom is 0.305 e. The number of allylic oxidation sites excluding steroid dienone is 3. The van der Waals surface area contributed by atoms with Crippen molar-refractivity contribution in [1.29, 1.82) is 0 Å². The Balaban J connectivity index is 2.25. The first kappa shape index (κ1) is 12.6. The van der Waals surface area contributed by atoms with Gasteiger partial charge >= 0.3 is 5.97 Å². The number of carbonyl (C=O) groups is 1. The van der Waals surface area contributed by atoms with Crippen molar-refractivity contribution in [2.45, 2.75) is 32.6 Å². The lowest BCUT2D eigenvalue weighted by molar-refractivity contribution is -0.143. The zero-order valence-corrected chi connectivity index (χ0v) is 9.74. The topological polar surface area (TPSA) is 78.3 Å². The summed E-state index contributed by atoms with van der Waals surface area (Å²) < 4.78 is 5.09. The van der Waals surface area contributed by atoms with Gasteiger partial charge in [0, 0.05) is 23.7 Å². The second-order valence-electron chi connectivity index (χ2n) is 4.04. The average Bonchev–Trinajstić information content (AvgIpc) is 2.22. The Kier molecular flexibility index (Phi) is 4.89. The molecule has 4 N–H and O–H groups in total. The van der Waals surface area contributed by atoms with E-state index in [4.69, 9.17) is 16.2 Å². The van der Waals surface area contributed by atoms with Gasteiger partial charge < -0.3 is 16.2 Å². The minimum Gasteiger partial charge on any atom is -0.466 e. The van der Waals surface area contributed by atoms with E-state index in [1.165, 1.54) is 0 Å². The molecule has 0 amide bonds.